The zero-order chi connectivity index (χ0) is 30.7. The quantitative estimate of drug-likeness (QED) is 0.178. The van der Waals surface area contributed by atoms with Crippen LogP contribution in [0, 0.1) is 25.2 Å². The largest absolute Gasteiger partial charge is 0.508 e. The van der Waals surface area contributed by atoms with E-state index >= 15 is 0 Å². The molecular weight excluding hydrogens is 616 g/mol. The maximum atomic E-state index is 12.6. The summed E-state index contributed by atoms with van der Waals surface area (Å²) in [6.07, 6.45) is 4.77. The van der Waals surface area contributed by atoms with Gasteiger partial charge in [-0.1, -0.05) is 61.7 Å². The Kier molecular flexibility index (Phi) is 11.4. The first kappa shape index (κ1) is 32.0. The first-order chi connectivity index (χ1) is 20.1. The molecule has 0 fully saturated rings. The van der Waals surface area contributed by atoms with E-state index in [1.807, 2.05) is 56.3 Å². The van der Waals surface area contributed by atoms with Crippen molar-refractivity contribution in [3.8, 4) is 11.8 Å². The molecule has 1 heterocycles. The molecule has 0 atom stereocenters. The monoisotopic (exact) mass is 646 g/mol. The molecule has 4 aromatic rings. The molecule has 0 aliphatic carbocycles. The third kappa shape index (κ3) is 8.75. The number of nitriles is 1. The Labute approximate surface area is 254 Å². The van der Waals surface area contributed by atoms with Crippen molar-refractivity contribution < 1.29 is 13.5 Å². The molecule has 9 nitrogen and oxygen atoms in total. The number of aromatic nitrogens is 2. The molecule has 0 aliphatic heterocycles. The van der Waals surface area contributed by atoms with E-state index in [-0.39, 0.29) is 17.0 Å². The van der Waals surface area contributed by atoms with Crippen molar-refractivity contribution in [1.82, 2.24) is 19.8 Å². The van der Waals surface area contributed by atoms with Crippen molar-refractivity contribution in [3.63, 3.8) is 0 Å². The number of nitrogens with one attached hydrogen (secondary N) is 2. The van der Waals surface area contributed by atoms with Crippen molar-refractivity contribution in [2.75, 3.05) is 0 Å². The lowest BCUT2D eigenvalue weighted by molar-refractivity contribution is 0.471. The zero-order valence-electron chi connectivity index (χ0n) is 23.3. The number of benzene rings is 3. The Morgan fingerprint density at radius 3 is 2.55 bits per heavy atom. The molecule has 3 N–H and O–H groups in total. The van der Waals surface area contributed by atoms with Crippen LogP contribution in [0.15, 0.2) is 107 Å². The van der Waals surface area contributed by atoms with Gasteiger partial charge in [-0.15, -0.1) is 0 Å². The highest BCUT2D eigenvalue weighted by Crippen LogP contribution is 2.26. The number of phenolic OH excluding ortho intramolecular Hbond substituents is 1. The molecule has 0 spiro atoms. The Bertz CT molecular complexity index is 1740. The van der Waals surface area contributed by atoms with Crippen LogP contribution >= 0.6 is 15.9 Å². The third-order valence-electron chi connectivity index (χ3n) is 6.01. The predicted molar refractivity (Wildman–Crippen MR) is 170 cm³/mol. The van der Waals surface area contributed by atoms with Crippen molar-refractivity contribution >= 4 is 43.8 Å². The van der Waals surface area contributed by atoms with Gasteiger partial charge in [-0.25, -0.2) is 18.1 Å². The molecule has 0 radical (unpaired) electrons. The van der Waals surface area contributed by atoms with Crippen LogP contribution < -0.4 is 10.0 Å². The minimum absolute atomic E-state index is 0.0529. The van der Waals surface area contributed by atoms with Crippen molar-refractivity contribution in [1.29, 1.82) is 5.26 Å². The van der Waals surface area contributed by atoms with Gasteiger partial charge in [0.1, 0.15) is 11.6 Å². The average Bonchev–Trinajstić information content (AvgIpc) is 3.36. The summed E-state index contributed by atoms with van der Waals surface area (Å²) in [5.74, 6) is 1.48. The summed E-state index contributed by atoms with van der Waals surface area (Å²) in [6, 6.07) is 20.8. The number of allylic oxidation sites excluding steroid dienone is 1. The first-order valence-corrected chi connectivity index (χ1v) is 15.0. The minimum atomic E-state index is -3.75. The van der Waals surface area contributed by atoms with Gasteiger partial charge in [0.2, 0.25) is 10.0 Å². The highest BCUT2D eigenvalue weighted by molar-refractivity contribution is 9.10. The van der Waals surface area contributed by atoms with Crippen LogP contribution in [-0.4, -0.2) is 29.5 Å². The number of hydrogen-bond acceptors (Lipinski definition) is 7. The predicted octanol–water partition coefficient (Wildman–Crippen LogP) is 6.11. The van der Waals surface area contributed by atoms with E-state index in [4.69, 9.17) is 10.4 Å². The highest BCUT2D eigenvalue weighted by atomic mass is 79.9. The van der Waals surface area contributed by atoms with Crippen LogP contribution in [0.1, 0.15) is 27.8 Å². The molecule has 0 bridgehead atoms. The van der Waals surface area contributed by atoms with Crippen LogP contribution in [0.4, 0.5) is 5.82 Å². The molecule has 0 aliphatic rings. The number of hydrogen-bond donors (Lipinski definition) is 3. The molecule has 0 saturated heterocycles. The molecule has 4 rings (SSSR count). The van der Waals surface area contributed by atoms with Gasteiger partial charge < -0.3 is 10.4 Å². The van der Waals surface area contributed by atoms with E-state index in [0.29, 0.717) is 23.9 Å². The summed E-state index contributed by atoms with van der Waals surface area (Å²) < 4.78 is 30.2. The van der Waals surface area contributed by atoms with Crippen LogP contribution in [0.3, 0.4) is 0 Å². The second kappa shape index (κ2) is 14.9. The standard InChI is InChI=1S/C24H23BrN6O2S.C7H8O/c1-4-10-27-24-23(25)16-29-31(24)18(3)28-15-21-11-20(9-8-17(21)2)14-30-34(32,33)22-7-5-6-19(12-22)13-26;1-6-4-2-3-5-7(6)8/h4-12,16,28,30H,1,3,14-15H2,2H3;2-5,8H,1H3/b27-10-;. The van der Waals surface area contributed by atoms with Crippen LogP contribution in [0.25, 0.3) is 5.82 Å². The molecule has 1 aromatic heterocycles. The lowest BCUT2D eigenvalue weighted by Gasteiger charge is -2.14. The summed E-state index contributed by atoms with van der Waals surface area (Å²) >= 11 is 3.42. The van der Waals surface area contributed by atoms with Crippen molar-refractivity contribution in [2.45, 2.75) is 31.8 Å². The molecule has 11 heteroatoms. The lowest BCUT2D eigenvalue weighted by Crippen LogP contribution is -2.23. The maximum Gasteiger partial charge on any atom is 0.240 e. The fourth-order valence-electron chi connectivity index (χ4n) is 3.61. The van der Waals surface area contributed by atoms with Gasteiger partial charge >= 0.3 is 0 Å². The number of halogens is 1. The number of nitrogens with zero attached hydrogens (tertiary/aromatic N) is 4. The van der Waals surface area contributed by atoms with Crippen molar-refractivity contribution in [2.24, 2.45) is 4.99 Å². The zero-order valence-corrected chi connectivity index (χ0v) is 25.7. The Morgan fingerprint density at radius 2 is 1.88 bits per heavy atom. The summed E-state index contributed by atoms with van der Waals surface area (Å²) in [6.45, 7) is 12.1. The van der Waals surface area contributed by atoms with Gasteiger partial charge in [-0.05, 0) is 76.3 Å². The average molecular weight is 648 g/mol. The fourth-order valence-corrected chi connectivity index (χ4v) is 5.04. The molecule has 42 heavy (non-hydrogen) atoms. The van der Waals surface area contributed by atoms with E-state index in [0.717, 1.165) is 26.7 Å². The fraction of sp³-hybridized carbons (Fsp3) is 0.129. The SMILES string of the molecule is C=C/C=N\c1c(Br)cnn1C(=C)NCc1cc(CNS(=O)(=O)c2cccc(C#N)c2)ccc1C.Cc1ccccc1O. The van der Waals surface area contributed by atoms with E-state index in [1.165, 1.54) is 12.1 Å². The molecule has 0 amide bonds. The number of phenols is 1. The Balaban J connectivity index is 0.000000521. The molecule has 3 aromatic carbocycles. The number of para-hydroxylation sites is 1. The van der Waals surface area contributed by atoms with Crippen LogP contribution in [-0.2, 0) is 23.1 Å². The molecule has 0 unspecified atom stereocenters. The normalized spacial score (nSPS) is 10.9. The Morgan fingerprint density at radius 1 is 1.12 bits per heavy atom. The van der Waals surface area contributed by atoms with E-state index < -0.39 is 10.0 Å². The number of aryl methyl sites for hydroxylation is 2. The molecule has 216 valence electrons. The molecular formula is C31H31BrN6O3S. The van der Waals surface area contributed by atoms with Crippen LogP contribution in [0.5, 0.6) is 5.75 Å². The molecule has 0 saturated carbocycles. The van der Waals surface area contributed by atoms with Gasteiger partial charge in [-0.2, -0.15) is 15.0 Å². The smallest absolute Gasteiger partial charge is 0.240 e. The van der Waals surface area contributed by atoms with E-state index in [1.54, 1.807) is 41.4 Å². The van der Waals surface area contributed by atoms with E-state index in [2.05, 4.69) is 49.2 Å². The summed E-state index contributed by atoms with van der Waals surface area (Å²) in [7, 11) is -3.75. The highest BCUT2D eigenvalue weighted by Gasteiger charge is 2.15. The first-order valence-electron chi connectivity index (χ1n) is 12.7. The van der Waals surface area contributed by atoms with Gasteiger partial charge in [0.15, 0.2) is 5.82 Å². The maximum absolute atomic E-state index is 12.6. The van der Waals surface area contributed by atoms with Crippen LogP contribution in [0.2, 0.25) is 0 Å². The van der Waals surface area contributed by atoms with Gasteiger partial charge in [0.05, 0.1) is 27.2 Å². The summed E-state index contributed by atoms with van der Waals surface area (Å²) in [4.78, 5) is 4.35. The number of aromatic hydroxyl groups is 1. The van der Waals surface area contributed by atoms with Crippen molar-refractivity contribution in [3.05, 3.63) is 124 Å². The summed E-state index contributed by atoms with van der Waals surface area (Å²) in [5, 5.41) is 25.5. The third-order valence-corrected chi connectivity index (χ3v) is 7.97. The lowest BCUT2D eigenvalue weighted by atomic mass is 10.1. The number of sulfonamides is 1. The number of rotatable bonds is 10. The van der Waals surface area contributed by atoms with Gasteiger partial charge in [0, 0.05) is 19.3 Å². The van der Waals surface area contributed by atoms with Gasteiger partial charge in [-0.3, -0.25) is 0 Å². The van der Waals surface area contributed by atoms with Gasteiger partial charge in [0.25, 0.3) is 0 Å². The second-order valence-electron chi connectivity index (χ2n) is 9.05. The second-order valence-corrected chi connectivity index (χ2v) is 11.7. The summed E-state index contributed by atoms with van der Waals surface area (Å²) in [5.41, 5.74) is 4.03. The Hall–Kier alpha value is -4.50. The minimum Gasteiger partial charge on any atom is -0.508 e. The van der Waals surface area contributed by atoms with E-state index in [9.17, 15) is 8.42 Å². The topological polar surface area (TPSA) is 132 Å². The number of aliphatic imine (C=N–C) groups is 1.